The van der Waals surface area contributed by atoms with Crippen LogP contribution in [0.3, 0.4) is 0 Å². The maximum atomic E-state index is 14.2. The molecule has 0 aliphatic carbocycles. The second-order valence-electron chi connectivity index (χ2n) is 4.40. The molecule has 112 valence electrons. The first-order valence-electron chi connectivity index (χ1n) is 6.13. The molecule has 0 saturated carbocycles. The Bertz CT molecular complexity index is 664. The minimum atomic E-state index is -0.518. The van der Waals surface area contributed by atoms with Crippen molar-refractivity contribution in [3.8, 4) is 5.75 Å². The van der Waals surface area contributed by atoms with Crippen LogP contribution in [-0.2, 0) is 0 Å². The minimum Gasteiger partial charge on any atom is -0.496 e. The van der Waals surface area contributed by atoms with Gasteiger partial charge in [-0.15, -0.1) is 0 Å². The summed E-state index contributed by atoms with van der Waals surface area (Å²) >= 11 is 6.34. The van der Waals surface area contributed by atoms with Gasteiger partial charge in [0.2, 0.25) is 0 Å². The Morgan fingerprint density at radius 2 is 1.76 bits per heavy atom. The van der Waals surface area contributed by atoms with Crippen LogP contribution in [0.25, 0.3) is 0 Å². The Morgan fingerprint density at radius 3 is 2.38 bits per heavy atom. The van der Waals surface area contributed by atoms with Gasteiger partial charge in [0.1, 0.15) is 17.4 Å². The molecule has 0 aromatic heterocycles. The number of hydrogen-bond donors (Lipinski definition) is 1. The summed E-state index contributed by atoms with van der Waals surface area (Å²) in [5.41, 5.74) is 0.947. The fraction of sp³-hybridized carbons (Fsp3) is 0.200. The highest BCUT2D eigenvalue weighted by Crippen LogP contribution is 2.34. The van der Waals surface area contributed by atoms with E-state index in [4.69, 9.17) is 4.74 Å². The molecular weight excluding hydrogens is 408 g/mol. The first-order chi connectivity index (χ1) is 9.97. The van der Waals surface area contributed by atoms with E-state index >= 15 is 0 Å². The standard InChI is InChI=1S/C15H13Br2F2NO/c1-20-15(9-4-3-8(16)5-14(9)21-2)10-6-13(19)11(17)7-12(10)18/h3-7,15,20H,1-2H3. The van der Waals surface area contributed by atoms with Crippen LogP contribution in [0.5, 0.6) is 5.75 Å². The highest BCUT2D eigenvalue weighted by Gasteiger charge is 2.21. The quantitative estimate of drug-likeness (QED) is 0.717. The molecule has 1 atom stereocenters. The third kappa shape index (κ3) is 3.44. The van der Waals surface area contributed by atoms with E-state index in [2.05, 4.69) is 37.2 Å². The molecule has 2 rings (SSSR count). The summed E-state index contributed by atoms with van der Waals surface area (Å²) < 4.78 is 34.2. The van der Waals surface area contributed by atoms with Gasteiger partial charge in [0.15, 0.2) is 0 Å². The van der Waals surface area contributed by atoms with E-state index in [0.29, 0.717) is 5.75 Å². The molecule has 21 heavy (non-hydrogen) atoms. The van der Waals surface area contributed by atoms with Crippen LogP contribution in [0.4, 0.5) is 8.78 Å². The third-order valence-corrected chi connectivity index (χ3v) is 4.25. The number of hydrogen-bond acceptors (Lipinski definition) is 2. The second kappa shape index (κ2) is 6.85. The molecule has 2 aromatic carbocycles. The Balaban J connectivity index is 2.57. The lowest BCUT2D eigenvalue weighted by atomic mass is 9.97. The summed E-state index contributed by atoms with van der Waals surface area (Å²) in [6.07, 6.45) is 0. The zero-order valence-electron chi connectivity index (χ0n) is 11.4. The van der Waals surface area contributed by atoms with Gasteiger partial charge in [-0.3, -0.25) is 0 Å². The molecule has 0 amide bonds. The van der Waals surface area contributed by atoms with E-state index < -0.39 is 17.7 Å². The fourth-order valence-corrected chi connectivity index (χ4v) is 2.82. The summed E-state index contributed by atoms with van der Waals surface area (Å²) in [5, 5.41) is 3.00. The van der Waals surface area contributed by atoms with Crippen molar-refractivity contribution >= 4 is 31.9 Å². The van der Waals surface area contributed by atoms with Gasteiger partial charge in [0.05, 0.1) is 17.6 Å². The molecule has 0 aliphatic heterocycles. The van der Waals surface area contributed by atoms with Crippen molar-refractivity contribution in [2.75, 3.05) is 14.2 Å². The molecule has 1 N–H and O–H groups in total. The predicted octanol–water partition coefficient (Wildman–Crippen LogP) is 4.81. The molecule has 0 bridgehead atoms. The molecule has 0 heterocycles. The van der Waals surface area contributed by atoms with Crippen LogP contribution < -0.4 is 10.1 Å². The van der Waals surface area contributed by atoms with Crippen LogP contribution in [0.1, 0.15) is 17.2 Å². The molecule has 0 radical (unpaired) electrons. The molecule has 2 aromatic rings. The first-order valence-corrected chi connectivity index (χ1v) is 7.71. The van der Waals surface area contributed by atoms with Gasteiger partial charge in [0, 0.05) is 15.6 Å². The second-order valence-corrected chi connectivity index (χ2v) is 6.17. The molecular formula is C15H13Br2F2NO. The van der Waals surface area contributed by atoms with E-state index in [9.17, 15) is 8.78 Å². The topological polar surface area (TPSA) is 21.3 Å². The predicted molar refractivity (Wildman–Crippen MR) is 85.7 cm³/mol. The van der Waals surface area contributed by atoms with Crippen molar-refractivity contribution in [3.05, 3.63) is 62.0 Å². The molecule has 0 aliphatic rings. The van der Waals surface area contributed by atoms with Gasteiger partial charge >= 0.3 is 0 Å². The highest BCUT2D eigenvalue weighted by molar-refractivity contribution is 9.10. The number of methoxy groups -OCH3 is 1. The lowest BCUT2D eigenvalue weighted by Gasteiger charge is -2.21. The van der Waals surface area contributed by atoms with Crippen LogP contribution in [-0.4, -0.2) is 14.2 Å². The third-order valence-electron chi connectivity index (χ3n) is 3.15. The average Bonchev–Trinajstić information content (AvgIpc) is 2.46. The van der Waals surface area contributed by atoms with Crippen molar-refractivity contribution in [1.82, 2.24) is 5.32 Å². The van der Waals surface area contributed by atoms with Gasteiger partial charge in [0.25, 0.3) is 0 Å². The Hall–Kier alpha value is -0.980. The monoisotopic (exact) mass is 419 g/mol. The van der Waals surface area contributed by atoms with E-state index in [0.717, 1.165) is 16.1 Å². The van der Waals surface area contributed by atoms with E-state index in [1.807, 2.05) is 12.1 Å². The van der Waals surface area contributed by atoms with E-state index in [1.165, 1.54) is 13.2 Å². The summed E-state index contributed by atoms with van der Waals surface area (Å²) in [6.45, 7) is 0. The summed E-state index contributed by atoms with van der Waals surface area (Å²) in [7, 11) is 3.22. The van der Waals surface area contributed by atoms with Crippen LogP contribution in [0.2, 0.25) is 0 Å². The van der Waals surface area contributed by atoms with Gasteiger partial charge in [-0.2, -0.15) is 0 Å². The SMILES string of the molecule is CNC(c1cc(F)c(Br)cc1F)c1ccc(Br)cc1OC. The maximum Gasteiger partial charge on any atom is 0.137 e. The van der Waals surface area contributed by atoms with E-state index in [-0.39, 0.29) is 10.0 Å². The minimum absolute atomic E-state index is 0.0985. The fourth-order valence-electron chi connectivity index (χ4n) is 2.16. The molecule has 1 unspecified atom stereocenters. The molecule has 0 saturated heterocycles. The van der Waals surface area contributed by atoms with E-state index in [1.54, 1.807) is 13.1 Å². The van der Waals surface area contributed by atoms with Gasteiger partial charge in [-0.05, 0) is 47.2 Å². The largest absolute Gasteiger partial charge is 0.496 e. The zero-order valence-corrected chi connectivity index (χ0v) is 14.6. The Morgan fingerprint density at radius 1 is 1.05 bits per heavy atom. The summed E-state index contributed by atoms with van der Waals surface area (Å²) in [5.74, 6) is -0.415. The van der Waals surface area contributed by atoms with Gasteiger partial charge < -0.3 is 10.1 Å². The van der Waals surface area contributed by atoms with Crippen LogP contribution in [0, 0.1) is 11.6 Å². The van der Waals surface area contributed by atoms with Gasteiger partial charge in [-0.1, -0.05) is 22.0 Å². The lowest BCUT2D eigenvalue weighted by Crippen LogP contribution is -2.20. The smallest absolute Gasteiger partial charge is 0.137 e. The van der Waals surface area contributed by atoms with Crippen molar-refractivity contribution < 1.29 is 13.5 Å². The average molecular weight is 421 g/mol. The van der Waals surface area contributed by atoms with Crippen LogP contribution >= 0.6 is 31.9 Å². The number of benzene rings is 2. The molecule has 6 heteroatoms. The Labute approximate surface area is 138 Å². The molecule has 0 spiro atoms. The molecule has 2 nitrogen and oxygen atoms in total. The number of nitrogens with one attached hydrogen (secondary N) is 1. The number of ether oxygens (including phenoxy) is 1. The van der Waals surface area contributed by atoms with Crippen molar-refractivity contribution in [2.45, 2.75) is 6.04 Å². The first kappa shape index (κ1) is 16.4. The van der Waals surface area contributed by atoms with Crippen LogP contribution in [0.15, 0.2) is 39.3 Å². The van der Waals surface area contributed by atoms with Crippen molar-refractivity contribution in [1.29, 1.82) is 0 Å². The molecule has 0 fully saturated rings. The normalized spacial score (nSPS) is 12.3. The van der Waals surface area contributed by atoms with Crippen molar-refractivity contribution in [3.63, 3.8) is 0 Å². The highest BCUT2D eigenvalue weighted by atomic mass is 79.9. The maximum absolute atomic E-state index is 14.2. The Kier molecular flexibility index (Phi) is 5.35. The zero-order chi connectivity index (χ0) is 15.6. The van der Waals surface area contributed by atoms with Crippen molar-refractivity contribution in [2.24, 2.45) is 0 Å². The number of rotatable bonds is 4. The summed E-state index contributed by atoms with van der Waals surface area (Å²) in [6, 6.07) is 7.21. The lowest BCUT2D eigenvalue weighted by molar-refractivity contribution is 0.404. The number of halogens is 4. The summed E-state index contributed by atoms with van der Waals surface area (Å²) in [4.78, 5) is 0. The van der Waals surface area contributed by atoms with Gasteiger partial charge in [-0.25, -0.2) is 8.78 Å².